The first-order valence-corrected chi connectivity index (χ1v) is 11.4. The maximum absolute atomic E-state index is 13.4. The van der Waals surface area contributed by atoms with Crippen LogP contribution in [0.4, 0.5) is 0 Å². The summed E-state index contributed by atoms with van der Waals surface area (Å²) in [5.41, 5.74) is 8.21. The van der Waals surface area contributed by atoms with Crippen molar-refractivity contribution in [2.45, 2.75) is 57.8 Å². The van der Waals surface area contributed by atoms with E-state index in [0.717, 1.165) is 31.5 Å². The largest absolute Gasteiger partial charge is 0.342 e. The van der Waals surface area contributed by atoms with E-state index in [1.165, 1.54) is 0 Å². The van der Waals surface area contributed by atoms with Gasteiger partial charge in [0.1, 0.15) is 0 Å². The molecule has 3 unspecified atom stereocenters. The maximum atomic E-state index is 13.4. The molecule has 3 rings (SSSR count). The van der Waals surface area contributed by atoms with Crippen LogP contribution in [-0.4, -0.2) is 41.3 Å². The summed E-state index contributed by atoms with van der Waals surface area (Å²) in [4.78, 5) is 28.4. The van der Waals surface area contributed by atoms with E-state index in [4.69, 9.17) is 17.3 Å². The van der Waals surface area contributed by atoms with Crippen LogP contribution < -0.4 is 11.1 Å². The topological polar surface area (TPSA) is 75.4 Å². The molecule has 0 spiro atoms. The molecule has 1 saturated heterocycles. The monoisotopic (exact) mass is 441 g/mol. The molecule has 31 heavy (non-hydrogen) atoms. The number of carbonyl (C=O) groups excluding carboxylic acids is 2. The van der Waals surface area contributed by atoms with Gasteiger partial charge in [0.15, 0.2) is 5.78 Å². The Morgan fingerprint density at radius 3 is 2.45 bits per heavy atom. The van der Waals surface area contributed by atoms with Crippen LogP contribution in [0.15, 0.2) is 54.6 Å². The Morgan fingerprint density at radius 2 is 1.81 bits per heavy atom. The molecule has 2 aromatic rings. The number of likely N-dealkylation sites (tertiary alicyclic amines) is 1. The number of benzene rings is 2. The highest BCUT2D eigenvalue weighted by Gasteiger charge is 2.37. The molecule has 0 saturated carbocycles. The highest BCUT2D eigenvalue weighted by atomic mass is 35.5. The highest BCUT2D eigenvalue weighted by molar-refractivity contribution is 6.30. The number of halogens is 1. The third-order valence-electron chi connectivity index (χ3n) is 5.85. The molecule has 1 amide bonds. The number of hydrogen-bond acceptors (Lipinski definition) is 4. The quantitative estimate of drug-likeness (QED) is 0.615. The van der Waals surface area contributed by atoms with Crippen molar-refractivity contribution in [3.63, 3.8) is 0 Å². The zero-order valence-corrected chi connectivity index (χ0v) is 19.0. The fourth-order valence-electron chi connectivity index (χ4n) is 4.25. The second kappa shape index (κ2) is 10.9. The summed E-state index contributed by atoms with van der Waals surface area (Å²) in [5, 5.41) is 3.65. The number of ketones is 1. The zero-order chi connectivity index (χ0) is 22.4. The molecular formula is C25H32ClN3O2. The van der Waals surface area contributed by atoms with Gasteiger partial charge in [0.05, 0.1) is 12.1 Å². The molecule has 1 aliphatic rings. The summed E-state index contributed by atoms with van der Waals surface area (Å²) < 4.78 is 0. The van der Waals surface area contributed by atoms with Crippen molar-refractivity contribution in [1.82, 2.24) is 10.2 Å². The number of nitrogens with two attached hydrogens (primary N) is 1. The number of nitrogens with one attached hydrogen (secondary N) is 1. The average molecular weight is 442 g/mol. The summed E-state index contributed by atoms with van der Waals surface area (Å²) in [7, 11) is 0. The van der Waals surface area contributed by atoms with Gasteiger partial charge in [-0.25, -0.2) is 0 Å². The third-order valence-corrected chi connectivity index (χ3v) is 6.10. The molecule has 166 valence electrons. The molecule has 0 aromatic heterocycles. The van der Waals surface area contributed by atoms with E-state index < -0.39 is 12.1 Å². The molecule has 0 bridgehead atoms. The number of nitrogens with zero attached hydrogens (tertiary/aromatic N) is 1. The molecule has 0 radical (unpaired) electrons. The molecular weight excluding hydrogens is 410 g/mol. The molecule has 3 N–H and O–H groups in total. The fourth-order valence-corrected chi connectivity index (χ4v) is 4.38. The van der Waals surface area contributed by atoms with Gasteiger partial charge in [-0.1, -0.05) is 55.8 Å². The van der Waals surface area contributed by atoms with E-state index in [1.54, 1.807) is 12.1 Å². The number of amides is 1. The van der Waals surface area contributed by atoms with Gasteiger partial charge in [-0.15, -0.1) is 0 Å². The Balaban J connectivity index is 1.70. The van der Waals surface area contributed by atoms with Crippen LogP contribution in [-0.2, 0) is 11.3 Å². The maximum Gasteiger partial charge on any atom is 0.251 e. The van der Waals surface area contributed by atoms with Gasteiger partial charge in [0, 0.05) is 23.2 Å². The molecule has 6 heteroatoms. The van der Waals surface area contributed by atoms with E-state index in [-0.39, 0.29) is 23.7 Å². The van der Waals surface area contributed by atoms with Gasteiger partial charge >= 0.3 is 0 Å². The van der Waals surface area contributed by atoms with Crippen molar-refractivity contribution < 1.29 is 9.59 Å². The molecule has 0 aliphatic carbocycles. The van der Waals surface area contributed by atoms with E-state index >= 15 is 0 Å². The standard InChI is InChI=1S/C25H32ClN3O2/c1-17(2)15-21(28-25(31)19-7-4-3-5-8-19)24(30)23(27)22-9-6-14-29(22)16-18-10-12-20(26)13-11-18/h3-5,7-8,10-13,17,21-23H,6,9,14-16,27H2,1-2H3,(H,28,31). The lowest BCUT2D eigenvalue weighted by Crippen LogP contribution is -2.55. The Hall–Kier alpha value is -2.21. The third kappa shape index (κ3) is 6.39. The normalized spacial score (nSPS) is 18.7. The Bertz CT molecular complexity index is 870. The van der Waals surface area contributed by atoms with Crippen LogP contribution in [0, 0.1) is 5.92 Å². The SMILES string of the molecule is CC(C)CC(NC(=O)c1ccccc1)C(=O)C(N)C1CCCN1Cc1ccc(Cl)cc1. The van der Waals surface area contributed by atoms with Crippen LogP contribution in [0.25, 0.3) is 0 Å². The van der Waals surface area contributed by atoms with Crippen LogP contribution >= 0.6 is 11.6 Å². The lowest BCUT2D eigenvalue weighted by atomic mass is 9.91. The minimum absolute atomic E-state index is 0.0357. The van der Waals surface area contributed by atoms with Crippen molar-refractivity contribution in [2.24, 2.45) is 11.7 Å². The molecule has 5 nitrogen and oxygen atoms in total. The predicted octanol–water partition coefficient (Wildman–Crippen LogP) is 4.05. The first-order chi connectivity index (χ1) is 14.8. The van der Waals surface area contributed by atoms with Gasteiger partial charge in [0.2, 0.25) is 0 Å². The second-order valence-electron chi connectivity index (χ2n) is 8.76. The zero-order valence-electron chi connectivity index (χ0n) is 18.3. The minimum Gasteiger partial charge on any atom is -0.342 e. The number of carbonyl (C=O) groups is 2. The molecule has 2 aromatic carbocycles. The predicted molar refractivity (Wildman–Crippen MR) is 125 cm³/mol. The van der Waals surface area contributed by atoms with E-state index in [0.29, 0.717) is 17.0 Å². The minimum atomic E-state index is -0.644. The van der Waals surface area contributed by atoms with Crippen LogP contribution in [0.2, 0.25) is 5.02 Å². The van der Waals surface area contributed by atoms with E-state index in [9.17, 15) is 9.59 Å². The highest BCUT2D eigenvalue weighted by Crippen LogP contribution is 2.24. The van der Waals surface area contributed by atoms with Gasteiger partial charge < -0.3 is 11.1 Å². The van der Waals surface area contributed by atoms with Crippen molar-refractivity contribution >= 4 is 23.3 Å². The smallest absolute Gasteiger partial charge is 0.251 e. The molecule has 3 atom stereocenters. The van der Waals surface area contributed by atoms with Crippen molar-refractivity contribution in [3.8, 4) is 0 Å². The Morgan fingerprint density at radius 1 is 1.13 bits per heavy atom. The molecule has 1 aliphatic heterocycles. The lowest BCUT2D eigenvalue weighted by Gasteiger charge is -2.31. The van der Waals surface area contributed by atoms with E-state index in [1.807, 2.05) is 56.3 Å². The van der Waals surface area contributed by atoms with Gasteiger partial charge in [0.25, 0.3) is 5.91 Å². The number of Topliss-reactive ketones (excluding diaryl/α,β-unsaturated/α-hetero) is 1. The van der Waals surface area contributed by atoms with E-state index in [2.05, 4.69) is 10.2 Å². The summed E-state index contributed by atoms with van der Waals surface area (Å²) in [6, 6.07) is 15.5. The Kier molecular flexibility index (Phi) is 8.24. The number of hydrogen-bond donors (Lipinski definition) is 2. The van der Waals surface area contributed by atoms with Gasteiger partial charge in [-0.05, 0) is 61.6 Å². The van der Waals surface area contributed by atoms with Gasteiger partial charge in [-0.3, -0.25) is 14.5 Å². The Labute approximate surface area is 190 Å². The summed E-state index contributed by atoms with van der Waals surface area (Å²) in [6.45, 7) is 5.72. The molecule has 1 fully saturated rings. The van der Waals surface area contributed by atoms with Crippen molar-refractivity contribution in [3.05, 3.63) is 70.7 Å². The summed E-state index contributed by atoms with van der Waals surface area (Å²) in [6.07, 6.45) is 2.45. The first-order valence-electron chi connectivity index (χ1n) is 11.0. The summed E-state index contributed by atoms with van der Waals surface area (Å²) >= 11 is 6.00. The van der Waals surface area contributed by atoms with Crippen LogP contribution in [0.3, 0.4) is 0 Å². The fraction of sp³-hybridized carbons (Fsp3) is 0.440. The van der Waals surface area contributed by atoms with Crippen LogP contribution in [0.5, 0.6) is 0 Å². The van der Waals surface area contributed by atoms with Gasteiger partial charge in [-0.2, -0.15) is 0 Å². The second-order valence-corrected chi connectivity index (χ2v) is 9.19. The number of rotatable bonds is 9. The summed E-state index contributed by atoms with van der Waals surface area (Å²) in [5.74, 6) is -0.0757. The van der Waals surface area contributed by atoms with Crippen molar-refractivity contribution in [1.29, 1.82) is 0 Å². The van der Waals surface area contributed by atoms with Crippen molar-refractivity contribution in [2.75, 3.05) is 6.54 Å². The van der Waals surface area contributed by atoms with Crippen LogP contribution in [0.1, 0.15) is 49.0 Å². The first kappa shape index (κ1) is 23.5. The molecule has 1 heterocycles. The lowest BCUT2D eigenvalue weighted by molar-refractivity contribution is -0.123. The average Bonchev–Trinajstić information content (AvgIpc) is 3.22.